The zero-order chi connectivity index (χ0) is 13.1. The van der Waals surface area contributed by atoms with E-state index >= 15 is 0 Å². The molecule has 2 heterocycles. The number of hydrogen-bond acceptors (Lipinski definition) is 6. The van der Waals surface area contributed by atoms with Crippen molar-refractivity contribution in [2.45, 2.75) is 6.10 Å². The number of piperazine rings is 1. The molecule has 1 atom stereocenters. The van der Waals surface area contributed by atoms with E-state index in [2.05, 4.69) is 21.8 Å². The molecule has 1 aliphatic heterocycles. The highest BCUT2D eigenvalue weighted by Crippen LogP contribution is 2.21. The summed E-state index contributed by atoms with van der Waals surface area (Å²) in [5.41, 5.74) is 12.9. The fraction of sp³-hybridized carbons (Fsp3) is 0.583. The molecule has 0 radical (unpaired) electrons. The molecule has 5 N–H and O–H groups in total. The van der Waals surface area contributed by atoms with Gasteiger partial charge in [-0.15, -0.1) is 12.4 Å². The molecule has 19 heavy (non-hydrogen) atoms. The summed E-state index contributed by atoms with van der Waals surface area (Å²) < 4.78 is 0. The number of hydrogen-bond donors (Lipinski definition) is 3. The number of nitrogens with two attached hydrogens (primary N) is 2. The van der Waals surface area contributed by atoms with E-state index < -0.39 is 6.10 Å². The predicted octanol–water partition coefficient (Wildman–Crippen LogP) is -0.0514. The molecule has 0 aliphatic carbocycles. The molecule has 1 aliphatic rings. The maximum Gasteiger partial charge on any atom is 0.111 e. The number of aliphatic hydroxyl groups is 1. The summed E-state index contributed by atoms with van der Waals surface area (Å²) in [6.07, 6.45) is 0.868. The molecule has 0 saturated carbocycles. The number of anilines is 2. The van der Waals surface area contributed by atoms with Crippen molar-refractivity contribution in [2.24, 2.45) is 0 Å². The summed E-state index contributed by atoms with van der Waals surface area (Å²) in [6, 6.07) is 1.63. The van der Waals surface area contributed by atoms with Crippen LogP contribution in [0.4, 0.5) is 11.4 Å². The first kappa shape index (κ1) is 16.0. The average molecular weight is 288 g/mol. The normalized spacial score (nSPS) is 18.8. The highest BCUT2D eigenvalue weighted by Gasteiger charge is 2.20. The fourth-order valence-electron chi connectivity index (χ4n) is 2.15. The Balaban J connectivity index is 0.00000180. The van der Waals surface area contributed by atoms with Crippen LogP contribution in [0.15, 0.2) is 12.3 Å². The molecule has 0 aromatic carbocycles. The maximum absolute atomic E-state index is 10.2. The molecule has 2 rings (SSSR count). The molecule has 0 bridgehead atoms. The number of rotatable bonds is 3. The lowest BCUT2D eigenvalue weighted by Crippen LogP contribution is -2.45. The first-order valence-corrected chi connectivity index (χ1v) is 6.16. The summed E-state index contributed by atoms with van der Waals surface area (Å²) in [6.45, 7) is 4.54. The predicted molar refractivity (Wildman–Crippen MR) is 79.2 cm³/mol. The summed E-state index contributed by atoms with van der Waals surface area (Å²) in [5.74, 6) is 0. The molecule has 1 aromatic rings. The van der Waals surface area contributed by atoms with Crippen LogP contribution in [0.3, 0.4) is 0 Å². The molecule has 7 heteroatoms. The molecule has 6 nitrogen and oxygen atoms in total. The average Bonchev–Trinajstić information content (AvgIpc) is 2.32. The van der Waals surface area contributed by atoms with Gasteiger partial charge >= 0.3 is 0 Å². The Kier molecular flexibility index (Phi) is 5.81. The van der Waals surface area contributed by atoms with Gasteiger partial charge in [0.2, 0.25) is 0 Å². The highest BCUT2D eigenvalue weighted by molar-refractivity contribution is 5.85. The lowest BCUT2D eigenvalue weighted by molar-refractivity contribution is 0.0787. The summed E-state index contributed by atoms with van der Waals surface area (Å²) in [5, 5.41) is 10.2. The minimum absolute atomic E-state index is 0. The van der Waals surface area contributed by atoms with Crippen LogP contribution in [0.25, 0.3) is 0 Å². The topological polar surface area (TPSA) is 91.6 Å². The van der Waals surface area contributed by atoms with E-state index in [4.69, 9.17) is 11.5 Å². The van der Waals surface area contributed by atoms with Gasteiger partial charge in [-0.2, -0.15) is 0 Å². The number of aliphatic hydroxyl groups excluding tert-OH is 1. The van der Waals surface area contributed by atoms with Crippen molar-refractivity contribution in [2.75, 3.05) is 51.2 Å². The number of pyridine rings is 1. The van der Waals surface area contributed by atoms with Crippen molar-refractivity contribution in [3.8, 4) is 0 Å². The van der Waals surface area contributed by atoms with E-state index in [1.165, 1.54) is 6.20 Å². The Bertz CT molecular complexity index is 409. The summed E-state index contributed by atoms with van der Waals surface area (Å²) in [7, 11) is 2.10. The van der Waals surface area contributed by atoms with Crippen molar-refractivity contribution in [1.82, 2.24) is 14.8 Å². The molecule has 0 spiro atoms. The Morgan fingerprint density at radius 2 is 1.95 bits per heavy atom. The van der Waals surface area contributed by atoms with Crippen LogP contribution in [0.5, 0.6) is 0 Å². The molecular weight excluding hydrogens is 266 g/mol. The van der Waals surface area contributed by atoms with Gasteiger partial charge in [0.25, 0.3) is 0 Å². The van der Waals surface area contributed by atoms with E-state index in [0.717, 1.165) is 26.2 Å². The molecule has 1 aromatic heterocycles. The molecule has 0 amide bonds. The Hall–Kier alpha value is -1.08. The number of aromatic nitrogens is 1. The Morgan fingerprint density at radius 3 is 2.53 bits per heavy atom. The Morgan fingerprint density at radius 1 is 1.32 bits per heavy atom. The van der Waals surface area contributed by atoms with E-state index in [1.54, 1.807) is 6.07 Å². The van der Waals surface area contributed by atoms with Crippen molar-refractivity contribution in [1.29, 1.82) is 0 Å². The third-order valence-electron chi connectivity index (χ3n) is 3.31. The number of nitrogens with zero attached hydrogens (tertiary/aromatic N) is 3. The number of β-amino-alcohol motifs (C(OH)–C–C–N with tert-alkyl or cyclic N) is 1. The van der Waals surface area contributed by atoms with Crippen LogP contribution in [0.2, 0.25) is 0 Å². The standard InChI is InChI=1S/C12H21N5O.ClH/c1-16-2-4-17(5-3-16)8-11(18)12-10(14)6-9(13)7-15-12;/h6-7,11,18H,2-5,8,13-14H2,1H3;1H/t11-;/m1./s1. The van der Waals surface area contributed by atoms with Gasteiger partial charge in [-0.3, -0.25) is 9.88 Å². The van der Waals surface area contributed by atoms with E-state index in [0.29, 0.717) is 23.6 Å². The van der Waals surface area contributed by atoms with Gasteiger partial charge in [-0.05, 0) is 13.1 Å². The van der Waals surface area contributed by atoms with Gasteiger partial charge in [0.05, 0.1) is 23.3 Å². The van der Waals surface area contributed by atoms with Gasteiger partial charge < -0.3 is 21.5 Å². The number of likely N-dealkylation sites (N-methyl/N-ethyl adjacent to an activating group) is 1. The van der Waals surface area contributed by atoms with Crippen LogP contribution < -0.4 is 11.5 Å². The van der Waals surface area contributed by atoms with E-state index in [-0.39, 0.29) is 12.4 Å². The van der Waals surface area contributed by atoms with E-state index in [9.17, 15) is 5.11 Å². The van der Waals surface area contributed by atoms with Gasteiger partial charge in [0, 0.05) is 32.7 Å². The zero-order valence-corrected chi connectivity index (χ0v) is 11.9. The highest BCUT2D eigenvalue weighted by atomic mass is 35.5. The lowest BCUT2D eigenvalue weighted by Gasteiger charge is -2.33. The van der Waals surface area contributed by atoms with Gasteiger partial charge in [-0.25, -0.2) is 0 Å². The summed E-state index contributed by atoms with van der Waals surface area (Å²) >= 11 is 0. The second-order valence-electron chi connectivity index (χ2n) is 4.86. The fourth-order valence-corrected chi connectivity index (χ4v) is 2.15. The van der Waals surface area contributed by atoms with Gasteiger partial charge in [-0.1, -0.05) is 0 Å². The molecule has 1 saturated heterocycles. The van der Waals surface area contributed by atoms with Crippen LogP contribution in [0.1, 0.15) is 11.8 Å². The van der Waals surface area contributed by atoms with E-state index in [1.807, 2.05) is 0 Å². The maximum atomic E-state index is 10.2. The Labute approximate surface area is 119 Å². The second kappa shape index (κ2) is 6.91. The largest absolute Gasteiger partial charge is 0.397 e. The summed E-state index contributed by atoms with van der Waals surface area (Å²) in [4.78, 5) is 8.62. The van der Waals surface area contributed by atoms with Crippen LogP contribution in [-0.4, -0.2) is 59.7 Å². The lowest BCUT2D eigenvalue weighted by atomic mass is 10.1. The monoisotopic (exact) mass is 287 g/mol. The number of halogens is 1. The van der Waals surface area contributed by atoms with Crippen molar-refractivity contribution >= 4 is 23.8 Å². The van der Waals surface area contributed by atoms with Crippen LogP contribution in [-0.2, 0) is 0 Å². The third kappa shape index (κ3) is 4.21. The quantitative estimate of drug-likeness (QED) is 0.722. The van der Waals surface area contributed by atoms with Crippen molar-refractivity contribution in [3.63, 3.8) is 0 Å². The molecule has 0 unspecified atom stereocenters. The van der Waals surface area contributed by atoms with Crippen molar-refractivity contribution in [3.05, 3.63) is 18.0 Å². The van der Waals surface area contributed by atoms with Crippen molar-refractivity contribution < 1.29 is 5.11 Å². The van der Waals surface area contributed by atoms with Crippen LogP contribution >= 0.6 is 12.4 Å². The zero-order valence-electron chi connectivity index (χ0n) is 11.1. The molecule has 108 valence electrons. The minimum Gasteiger partial charge on any atom is -0.397 e. The van der Waals surface area contributed by atoms with Crippen LogP contribution in [0, 0.1) is 0 Å². The first-order valence-electron chi connectivity index (χ1n) is 6.16. The second-order valence-corrected chi connectivity index (χ2v) is 4.86. The van der Waals surface area contributed by atoms with Gasteiger partial charge in [0.1, 0.15) is 6.10 Å². The van der Waals surface area contributed by atoms with Gasteiger partial charge in [0.15, 0.2) is 0 Å². The SMILES string of the molecule is CN1CCN(C[C@@H](O)c2ncc(N)cc2N)CC1.Cl. The smallest absolute Gasteiger partial charge is 0.111 e. The molecule has 1 fully saturated rings. The minimum atomic E-state index is -0.658. The molecular formula is C12H22ClN5O. The number of nitrogen functional groups attached to an aromatic ring is 2. The third-order valence-corrected chi connectivity index (χ3v) is 3.31. The first-order chi connectivity index (χ1) is 8.56.